The first-order valence-corrected chi connectivity index (χ1v) is 4.90. The van der Waals surface area contributed by atoms with E-state index in [0.717, 1.165) is 5.56 Å². The van der Waals surface area contributed by atoms with Crippen molar-refractivity contribution in [3.63, 3.8) is 0 Å². The maximum atomic E-state index is 11.5. The molecule has 0 aliphatic carbocycles. The van der Waals surface area contributed by atoms with Crippen molar-refractivity contribution in [2.24, 2.45) is 0 Å². The number of carbonyl (C=O) groups is 2. The van der Waals surface area contributed by atoms with Crippen molar-refractivity contribution in [1.82, 2.24) is 5.32 Å². The number of nitrogens with one attached hydrogen (secondary N) is 1. The molecule has 0 saturated carbocycles. The highest BCUT2D eigenvalue weighted by Gasteiger charge is 2.16. The monoisotopic (exact) mass is 239 g/mol. The predicted octanol–water partition coefficient (Wildman–Crippen LogP) is -0.124. The average molecular weight is 239 g/mol. The third-order valence-corrected chi connectivity index (χ3v) is 2.14. The van der Waals surface area contributed by atoms with E-state index in [4.69, 9.17) is 10.2 Å². The van der Waals surface area contributed by atoms with E-state index in [1.807, 2.05) is 0 Å². The molecule has 92 valence electrons. The van der Waals surface area contributed by atoms with Gasteiger partial charge in [0.15, 0.2) is 6.10 Å². The highest BCUT2D eigenvalue weighted by molar-refractivity contribution is 5.97. The summed E-state index contributed by atoms with van der Waals surface area (Å²) in [5.41, 5.74) is 0.831. The van der Waals surface area contributed by atoms with Gasteiger partial charge in [-0.05, 0) is 24.6 Å². The van der Waals surface area contributed by atoms with Crippen LogP contribution in [0, 0.1) is 6.92 Å². The molecule has 1 aromatic rings. The third kappa shape index (κ3) is 3.46. The number of benzene rings is 1. The average Bonchev–Trinajstić information content (AvgIpc) is 2.25. The van der Waals surface area contributed by atoms with Crippen LogP contribution in [0.1, 0.15) is 15.9 Å². The zero-order valence-electron chi connectivity index (χ0n) is 9.17. The first-order chi connectivity index (χ1) is 7.91. The summed E-state index contributed by atoms with van der Waals surface area (Å²) in [5, 5.41) is 29.1. The molecule has 0 aliphatic heterocycles. The second kappa shape index (κ2) is 5.31. The Balaban J connectivity index is 2.67. The Morgan fingerprint density at radius 1 is 1.41 bits per heavy atom. The van der Waals surface area contributed by atoms with Gasteiger partial charge < -0.3 is 20.6 Å². The molecule has 1 atom stereocenters. The summed E-state index contributed by atoms with van der Waals surface area (Å²) in [6.07, 6.45) is -1.66. The van der Waals surface area contributed by atoms with Gasteiger partial charge in [-0.15, -0.1) is 0 Å². The summed E-state index contributed by atoms with van der Waals surface area (Å²) in [6.45, 7) is 1.34. The minimum Gasteiger partial charge on any atom is -0.507 e. The number of aliphatic hydroxyl groups is 1. The van der Waals surface area contributed by atoms with Crippen LogP contribution in [-0.2, 0) is 4.79 Å². The first-order valence-electron chi connectivity index (χ1n) is 4.90. The smallest absolute Gasteiger partial charge is 0.334 e. The van der Waals surface area contributed by atoms with Crippen molar-refractivity contribution in [3.8, 4) is 5.75 Å². The standard InChI is InChI=1S/C11H13NO5/c1-6-2-3-7(8(13)4-6)10(15)12-5-9(14)11(16)17/h2-4,9,13-14H,5H2,1H3,(H,12,15)(H,16,17)/t9-/m0/s1. The molecule has 1 rings (SSSR count). The fourth-order valence-corrected chi connectivity index (χ4v) is 1.21. The number of phenolic OH excluding ortho intramolecular Hbond substituents is 1. The van der Waals surface area contributed by atoms with Crippen molar-refractivity contribution in [2.75, 3.05) is 6.54 Å². The van der Waals surface area contributed by atoms with Crippen LogP contribution in [-0.4, -0.2) is 39.8 Å². The molecule has 4 N–H and O–H groups in total. The molecule has 6 heteroatoms. The van der Waals surface area contributed by atoms with Gasteiger partial charge in [-0.25, -0.2) is 4.79 Å². The number of aliphatic carboxylic acids is 1. The molecule has 0 aliphatic rings. The summed E-state index contributed by atoms with van der Waals surface area (Å²) in [7, 11) is 0. The molecule has 0 aromatic heterocycles. The molecule has 0 saturated heterocycles. The molecule has 6 nitrogen and oxygen atoms in total. The maximum absolute atomic E-state index is 11.5. The fraction of sp³-hybridized carbons (Fsp3) is 0.273. The summed E-state index contributed by atoms with van der Waals surface area (Å²) in [5.74, 6) is -2.24. The van der Waals surface area contributed by atoms with Gasteiger partial charge in [0.05, 0.1) is 12.1 Å². The maximum Gasteiger partial charge on any atom is 0.334 e. The lowest BCUT2D eigenvalue weighted by Gasteiger charge is -2.09. The Hall–Kier alpha value is -2.08. The summed E-state index contributed by atoms with van der Waals surface area (Å²) in [4.78, 5) is 21.8. The zero-order valence-corrected chi connectivity index (χ0v) is 9.17. The number of hydrogen-bond donors (Lipinski definition) is 4. The van der Waals surface area contributed by atoms with Crippen LogP contribution in [0.25, 0.3) is 0 Å². The summed E-state index contributed by atoms with van der Waals surface area (Å²) >= 11 is 0. The Morgan fingerprint density at radius 2 is 2.06 bits per heavy atom. The first kappa shape index (κ1) is 13.0. The van der Waals surface area contributed by atoms with Gasteiger partial charge in [0.1, 0.15) is 5.75 Å². The van der Waals surface area contributed by atoms with E-state index >= 15 is 0 Å². The number of amides is 1. The van der Waals surface area contributed by atoms with Crippen LogP contribution < -0.4 is 5.32 Å². The Morgan fingerprint density at radius 3 is 2.59 bits per heavy atom. The normalized spacial score (nSPS) is 11.9. The fourth-order valence-electron chi connectivity index (χ4n) is 1.21. The van der Waals surface area contributed by atoms with Crippen molar-refractivity contribution in [1.29, 1.82) is 0 Å². The van der Waals surface area contributed by atoms with Crippen LogP contribution in [0.15, 0.2) is 18.2 Å². The van der Waals surface area contributed by atoms with Gasteiger partial charge in [0, 0.05) is 0 Å². The Kier molecular flexibility index (Phi) is 4.06. The minimum absolute atomic E-state index is 0.0354. The highest BCUT2D eigenvalue weighted by atomic mass is 16.4. The van der Waals surface area contributed by atoms with Gasteiger partial charge in [-0.1, -0.05) is 6.07 Å². The SMILES string of the molecule is Cc1ccc(C(=O)NC[C@H](O)C(=O)O)c(O)c1. The van der Waals surface area contributed by atoms with Crippen LogP contribution >= 0.6 is 0 Å². The van der Waals surface area contributed by atoms with Crippen molar-refractivity contribution in [2.45, 2.75) is 13.0 Å². The number of phenols is 1. The van der Waals surface area contributed by atoms with E-state index in [1.165, 1.54) is 12.1 Å². The molecule has 1 amide bonds. The lowest BCUT2D eigenvalue weighted by molar-refractivity contribution is -0.146. The van der Waals surface area contributed by atoms with Crippen molar-refractivity contribution in [3.05, 3.63) is 29.3 Å². The van der Waals surface area contributed by atoms with Gasteiger partial charge >= 0.3 is 5.97 Å². The summed E-state index contributed by atoms with van der Waals surface area (Å²) in [6, 6.07) is 4.48. The number of hydrogen-bond acceptors (Lipinski definition) is 4. The summed E-state index contributed by atoms with van der Waals surface area (Å²) < 4.78 is 0. The van der Waals surface area contributed by atoms with Gasteiger partial charge in [-0.2, -0.15) is 0 Å². The molecule has 17 heavy (non-hydrogen) atoms. The molecule has 0 radical (unpaired) electrons. The number of aromatic hydroxyl groups is 1. The van der Waals surface area contributed by atoms with E-state index in [9.17, 15) is 14.7 Å². The van der Waals surface area contributed by atoms with Gasteiger partial charge in [0.25, 0.3) is 5.91 Å². The zero-order chi connectivity index (χ0) is 13.0. The Labute approximate surface area is 97.5 Å². The second-order valence-corrected chi connectivity index (χ2v) is 3.58. The van der Waals surface area contributed by atoms with E-state index in [2.05, 4.69) is 5.32 Å². The number of aliphatic hydroxyl groups excluding tert-OH is 1. The number of carbonyl (C=O) groups excluding carboxylic acids is 1. The number of aryl methyl sites for hydroxylation is 1. The van der Waals surface area contributed by atoms with E-state index in [-0.39, 0.29) is 11.3 Å². The number of rotatable bonds is 4. The molecule has 1 aromatic carbocycles. The largest absolute Gasteiger partial charge is 0.507 e. The third-order valence-electron chi connectivity index (χ3n) is 2.14. The lowest BCUT2D eigenvalue weighted by atomic mass is 10.1. The van der Waals surface area contributed by atoms with E-state index in [0.29, 0.717) is 0 Å². The molecule has 0 heterocycles. The molecule has 0 bridgehead atoms. The molecule has 0 unspecified atom stereocenters. The highest BCUT2D eigenvalue weighted by Crippen LogP contribution is 2.17. The Bertz CT molecular complexity index is 443. The van der Waals surface area contributed by atoms with Crippen molar-refractivity contribution >= 4 is 11.9 Å². The quantitative estimate of drug-likeness (QED) is 0.585. The van der Waals surface area contributed by atoms with Crippen LogP contribution in [0.3, 0.4) is 0 Å². The second-order valence-electron chi connectivity index (χ2n) is 3.58. The minimum atomic E-state index is -1.66. The number of carboxylic acids is 1. The molecule has 0 fully saturated rings. The van der Waals surface area contributed by atoms with Crippen molar-refractivity contribution < 1.29 is 24.9 Å². The lowest BCUT2D eigenvalue weighted by Crippen LogP contribution is -2.36. The van der Waals surface area contributed by atoms with E-state index < -0.39 is 24.5 Å². The van der Waals surface area contributed by atoms with Gasteiger partial charge in [-0.3, -0.25) is 4.79 Å². The topological polar surface area (TPSA) is 107 Å². The van der Waals surface area contributed by atoms with Crippen LogP contribution in [0.2, 0.25) is 0 Å². The molecule has 0 spiro atoms. The molecular weight excluding hydrogens is 226 g/mol. The predicted molar refractivity (Wildman–Crippen MR) is 58.8 cm³/mol. The van der Waals surface area contributed by atoms with E-state index in [1.54, 1.807) is 13.0 Å². The van der Waals surface area contributed by atoms with Crippen LogP contribution in [0.5, 0.6) is 5.75 Å². The number of carboxylic acid groups (broad SMARTS) is 1. The van der Waals surface area contributed by atoms with Crippen LogP contribution in [0.4, 0.5) is 0 Å². The van der Waals surface area contributed by atoms with Gasteiger partial charge in [0.2, 0.25) is 0 Å². The molecular formula is C11H13NO5.